The Hall–Kier alpha value is -7.00. The van der Waals surface area contributed by atoms with Crippen molar-refractivity contribution in [2.75, 3.05) is 4.90 Å². The molecule has 11 rings (SSSR count). The summed E-state index contributed by atoms with van der Waals surface area (Å²) in [4.78, 5) is 7.13. The van der Waals surface area contributed by atoms with Gasteiger partial charge in [-0.05, 0) is 71.8 Å². The van der Waals surface area contributed by atoms with E-state index in [0.29, 0.717) is 0 Å². The number of allylic oxidation sites excluding steroid dienone is 5. The first kappa shape index (κ1) is 29.7. The molecule has 4 heteroatoms. The second kappa shape index (κ2) is 11.8. The van der Waals surface area contributed by atoms with Crippen molar-refractivity contribution in [1.82, 2.24) is 9.24 Å². The van der Waals surface area contributed by atoms with Crippen LogP contribution in [0.1, 0.15) is 22.3 Å². The fourth-order valence-electron chi connectivity index (χ4n) is 8.72. The number of aromatic nitrogens is 1. The largest absolute Gasteiger partial charge is 0.342 e. The van der Waals surface area contributed by atoms with Crippen molar-refractivity contribution < 1.29 is 0 Å². The van der Waals surface area contributed by atoms with Gasteiger partial charge in [0.1, 0.15) is 0 Å². The maximum Gasteiger partial charge on any atom is 0.342 e. The number of para-hydroxylation sites is 3. The van der Waals surface area contributed by atoms with Crippen LogP contribution in [0.5, 0.6) is 0 Å². The summed E-state index contributed by atoms with van der Waals surface area (Å²) in [5.41, 5.74) is 17.3. The third-order valence-corrected chi connectivity index (χ3v) is 11.1. The van der Waals surface area contributed by atoms with E-state index >= 15 is 0 Å². The number of hydrogen-bond acceptors (Lipinski definition) is 2. The molecule has 1 aromatic heterocycles. The lowest BCUT2D eigenvalue weighted by atomic mass is 9.79. The van der Waals surface area contributed by atoms with Gasteiger partial charge < -0.3 is 9.47 Å². The van der Waals surface area contributed by atoms with Crippen LogP contribution in [0.2, 0.25) is 0 Å². The summed E-state index contributed by atoms with van der Waals surface area (Å²) in [7, 11) is 0. The van der Waals surface area contributed by atoms with Crippen LogP contribution < -0.4 is 9.57 Å². The third kappa shape index (κ3) is 4.57. The summed E-state index contributed by atoms with van der Waals surface area (Å²) in [6.45, 7) is 0. The Balaban J connectivity index is 1.14. The van der Waals surface area contributed by atoms with Crippen molar-refractivity contribution in [3.05, 3.63) is 198 Å². The Kier molecular flexibility index (Phi) is 6.60. The highest BCUT2D eigenvalue weighted by Gasteiger charge is 2.33. The molecule has 248 valence electrons. The average Bonchev–Trinajstić information content (AvgIpc) is 3.78. The number of aliphatic imine (C=N–C) groups is 1. The van der Waals surface area contributed by atoms with Crippen LogP contribution in [0.4, 0.5) is 17.1 Å². The predicted octanol–water partition coefficient (Wildman–Crippen LogP) is 10.9. The molecule has 4 heterocycles. The van der Waals surface area contributed by atoms with Gasteiger partial charge in [0.05, 0.1) is 39.3 Å². The van der Waals surface area contributed by atoms with Crippen molar-refractivity contribution in [2.24, 2.45) is 16.8 Å². The molecule has 0 radical (unpaired) electrons. The zero-order chi connectivity index (χ0) is 34.9. The van der Waals surface area contributed by atoms with Crippen LogP contribution in [-0.4, -0.2) is 22.7 Å². The smallest absolute Gasteiger partial charge is 0.309 e. The summed E-state index contributed by atoms with van der Waals surface area (Å²) in [5.74, 6) is 0.540. The van der Waals surface area contributed by atoms with Gasteiger partial charge in [-0.25, -0.2) is 0 Å². The monoisotopic (exact) mass is 677 g/mol. The number of rotatable bonds is 4. The van der Waals surface area contributed by atoms with Crippen molar-refractivity contribution in [3.8, 4) is 28.1 Å². The summed E-state index contributed by atoms with van der Waals surface area (Å²) < 4.78 is 7.35. The van der Waals surface area contributed by atoms with Crippen LogP contribution in [0, 0.1) is 11.8 Å². The van der Waals surface area contributed by atoms with E-state index in [-0.39, 0.29) is 11.8 Å². The molecule has 2 unspecified atom stereocenters. The number of hydrogen-bond donors (Lipinski definition) is 0. The molecule has 0 fully saturated rings. The summed E-state index contributed by atoms with van der Waals surface area (Å²) >= 11 is 0. The molecule has 4 aliphatic rings. The molecular formula is C49H33N4+. The maximum absolute atomic E-state index is 4.89. The predicted molar refractivity (Wildman–Crippen MR) is 221 cm³/mol. The van der Waals surface area contributed by atoms with Gasteiger partial charge in [0.2, 0.25) is 0 Å². The molecule has 0 bridgehead atoms. The van der Waals surface area contributed by atoms with Crippen LogP contribution in [0.25, 0.3) is 44.5 Å². The minimum absolute atomic E-state index is 0.268. The van der Waals surface area contributed by atoms with Crippen LogP contribution >= 0.6 is 0 Å². The highest BCUT2D eigenvalue weighted by Crippen LogP contribution is 2.54. The van der Waals surface area contributed by atoms with Crippen molar-refractivity contribution in [3.63, 3.8) is 0 Å². The maximum atomic E-state index is 4.89. The lowest BCUT2D eigenvalue weighted by Gasteiger charge is -2.30. The summed E-state index contributed by atoms with van der Waals surface area (Å²) in [6.07, 6.45) is 14.9. The van der Waals surface area contributed by atoms with Crippen LogP contribution in [-0.2, 0) is 0 Å². The summed E-state index contributed by atoms with van der Waals surface area (Å²) in [6, 6.07) is 52.9. The van der Waals surface area contributed by atoms with Gasteiger partial charge in [0.25, 0.3) is 0 Å². The number of anilines is 3. The van der Waals surface area contributed by atoms with Gasteiger partial charge in [0, 0.05) is 57.7 Å². The molecule has 53 heavy (non-hydrogen) atoms. The lowest BCUT2D eigenvalue weighted by Crippen LogP contribution is -2.18. The minimum Gasteiger partial charge on any atom is -0.309 e. The van der Waals surface area contributed by atoms with E-state index < -0.39 is 0 Å². The number of fused-ring (bicyclic) bond motifs is 9. The first-order valence-electron chi connectivity index (χ1n) is 18.2. The Morgan fingerprint density at radius 3 is 2.19 bits per heavy atom. The van der Waals surface area contributed by atoms with E-state index in [1.807, 2.05) is 12.4 Å². The lowest BCUT2D eigenvalue weighted by molar-refractivity contribution is 0.723. The fraction of sp³-hybridized carbons (Fsp3) is 0.0408. The van der Waals surface area contributed by atoms with E-state index in [4.69, 9.17) is 4.67 Å². The molecule has 0 saturated carbocycles. The molecule has 6 aromatic carbocycles. The van der Waals surface area contributed by atoms with Gasteiger partial charge in [-0.1, -0.05) is 114 Å². The molecule has 0 saturated heterocycles. The number of benzene rings is 6. The van der Waals surface area contributed by atoms with E-state index in [9.17, 15) is 0 Å². The highest BCUT2D eigenvalue weighted by atomic mass is 15.2. The van der Waals surface area contributed by atoms with Gasteiger partial charge in [-0.3, -0.25) is 4.99 Å². The Labute approximate surface area is 308 Å². The zero-order valence-corrected chi connectivity index (χ0v) is 28.8. The highest BCUT2D eigenvalue weighted by molar-refractivity contribution is 6.20. The summed E-state index contributed by atoms with van der Waals surface area (Å²) in [5, 5.41) is 1.22. The average molecular weight is 678 g/mol. The van der Waals surface area contributed by atoms with Gasteiger partial charge in [0.15, 0.2) is 0 Å². The van der Waals surface area contributed by atoms with Crippen LogP contribution in [0.15, 0.2) is 181 Å². The van der Waals surface area contributed by atoms with Gasteiger partial charge in [-0.15, -0.1) is 0 Å². The Morgan fingerprint density at radius 1 is 0.585 bits per heavy atom. The molecule has 7 aromatic rings. The quantitative estimate of drug-likeness (QED) is 0.171. The molecule has 0 spiro atoms. The molecule has 3 aliphatic heterocycles. The normalized spacial score (nSPS) is 17.4. The second-order valence-corrected chi connectivity index (χ2v) is 14.0. The van der Waals surface area contributed by atoms with Crippen molar-refractivity contribution >= 4 is 51.7 Å². The van der Waals surface area contributed by atoms with Gasteiger partial charge >= 0.3 is 11.9 Å². The van der Waals surface area contributed by atoms with Crippen molar-refractivity contribution in [1.29, 1.82) is 0 Å². The van der Waals surface area contributed by atoms with E-state index in [0.717, 1.165) is 39.6 Å². The van der Waals surface area contributed by atoms with Crippen LogP contribution in [0.3, 0.4) is 0 Å². The van der Waals surface area contributed by atoms with Gasteiger partial charge in [-0.2, -0.15) is 0 Å². The number of nitrogens with zero attached hydrogens (tertiary/aromatic N) is 4. The molecule has 4 nitrogen and oxygen atoms in total. The van der Waals surface area contributed by atoms with E-state index in [2.05, 4.69) is 191 Å². The molecule has 1 aliphatic carbocycles. The molecule has 0 N–H and O–H groups in total. The molecule has 2 atom stereocenters. The zero-order valence-electron chi connectivity index (χ0n) is 28.8. The minimum atomic E-state index is 0.268. The topological polar surface area (TPSA) is 34.6 Å². The molecular weight excluding hydrogens is 645 g/mol. The third-order valence-electron chi connectivity index (χ3n) is 11.1. The SMILES string of the molecule is C1=CC2C=NC=C(c3cccc(N4c5ccccc5-c5c(n(-c6cccc(C7=[N+]=Cc8ccccc87)c6)c6ccccc56)-c5ccccc54)c3)C2C=C1. The molecule has 0 amide bonds. The van der Waals surface area contributed by atoms with Crippen molar-refractivity contribution in [2.45, 2.75) is 0 Å². The van der Waals surface area contributed by atoms with E-state index in [1.165, 1.54) is 50.0 Å². The Morgan fingerprint density at radius 2 is 1.28 bits per heavy atom. The standard InChI is InChI=1S/C49H33N4/c1-3-19-38-34(13-1)29-50-31-43(38)32-15-11-17-36(27-32)52-44-24-8-5-21-40(44)47-41-22-6-9-25-45(41)53(49(47)42-23-7-10-26-46(42)52)37-18-12-16-33(28-37)48-39-20-4-2-14-35(39)30-51-48/h1-31,34,38H/q+1. The van der Waals surface area contributed by atoms with E-state index in [1.54, 1.807) is 0 Å². The second-order valence-electron chi connectivity index (χ2n) is 14.0. The first-order chi connectivity index (χ1) is 26.3. The first-order valence-corrected chi connectivity index (χ1v) is 18.2. The fourth-order valence-corrected chi connectivity index (χ4v) is 8.72. The Bertz CT molecular complexity index is 2850.